The number of ether oxygens (including phenoxy) is 1. The summed E-state index contributed by atoms with van der Waals surface area (Å²) in [6.45, 7) is 0. The van der Waals surface area contributed by atoms with Gasteiger partial charge in [-0.15, -0.1) is 0 Å². The van der Waals surface area contributed by atoms with Crippen LogP contribution in [-0.4, -0.2) is 47.2 Å². The van der Waals surface area contributed by atoms with E-state index in [1.807, 2.05) is 0 Å². The monoisotopic (exact) mass is 354 g/mol. The first-order chi connectivity index (χ1) is 11.3. The Labute approximate surface area is 142 Å². The van der Waals surface area contributed by atoms with Crippen molar-refractivity contribution in [2.45, 2.75) is 31.0 Å². The zero-order chi connectivity index (χ0) is 17.6. The first-order valence-corrected chi connectivity index (χ1v) is 7.75. The number of carbonyl (C=O) groups is 2. The van der Waals surface area contributed by atoms with Crippen LogP contribution >= 0.6 is 11.6 Å². The van der Waals surface area contributed by atoms with Gasteiger partial charge < -0.3 is 20.5 Å². The van der Waals surface area contributed by atoms with Crippen LogP contribution < -0.4 is 5.73 Å². The molecule has 2 aliphatic heterocycles. The van der Waals surface area contributed by atoms with Crippen LogP contribution in [0.15, 0.2) is 18.2 Å². The number of methoxy groups -OCH3 is 1. The molecule has 0 aliphatic carbocycles. The van der Waals surface area contributed by atoms with Gasteiger partial charge in [0, 0.05) is 30.9 Å². The number of hydrogen-bond donors (Lipinski definition) is 2. The van der Waals surface area contributed by atoms with E-state index in [9.17, 15) is 19.1 Å². The highest BCUT2D eigenvalue weighted by molar-refractivity contribution is 6.31. The Hall–Kier alpha value is -2.12. The second-order valence-electron chi connectivity index (χ2n) is 5.88. The molecule has 2 heterocycles. The van der Waals surface area contributed by atoms with Gasteiger partial charge >= 0.3 is 5.97 Å². The van der Waals surface area contributed by atoms with Crippen LogP contribution in [-0.2, 0) is 14.3 Å². The fraction of sp³-hybridized carbons (Fsp3) is 0.375. The SMILES string of the molecule is CO[C@@H]1C[C@@H](C(=O)O)N2C(=O)C=C(c3c(N)ccc(Cl)c3F)CC12. The third kappa shape index (κ3) is 2.53. The minimum absolute atomic E-state index is 0.0872. The molecule has 0 saturated carbocycles. The Kier molecular flexibility index (Phi) is 4.23. The third-order valence-electron chi connectivity index (χ3n) is 4.60. The highest BCUT2D eigenvalue weighted by Crippen LogP contribution is 2.40. The van der Waals surface area contributed by atoms with E-state index in [2.05, 4.69) is 0 Å². The first-order valence-electron chi connectivity index (χ1n) is 7.37. The molecule has 128 valence electrons. The average Bonchev–Trinajstić information content (AvgIpc) is 2.91. The molecular weight excluding hydrogens is 339 g/mol. The number of nitrogens with zero attached hydrogens (tertiary/aromatic N) is 1. The Morgan fingerprint density at radius 2 is 2.21 bits per heavy atom. The molecule has 1 amide bonds. The number of carboxylic acids is 1. The van der Waals surface area contributed by atoms with Crippen molar-refractivity contribution in [3.05, 3.63) is 34.6 Å². The summed E-state index contributed by atoms with van der Waals surface area (Å²) >= 11 is 5.82. The summed E-state index contributed by atoms with van der Waals surface area (Å²) in [5, 5.41) is 9.23. The lowest BCUT2D eigenvalue weighted by atomic mass is 9.91. The molecule has 0 radical (unpaired) electrons. The zero-order valence-corrected chi connectivity index (χ0v) is 13.6. The Morgan fingerprint density at radius 3 is 2.83 bits per heavy atom. The molecule has 0 aromatic heterocycles. The number of hydrogen-bond acceptors (Lipinski definition) is 4. The molecule has 3 atom stereocenters. The second kappa shape index (κ2) is 6.07. The number of rotatable bonds is 3. The van der Waals surface area contributed by atoms with Crippen LogP contribution in [0.1, 0.15) is 18.4 Å². The van der Waals surface area contributed by atoms with Crippen LogP contribution in [0.4, 0.5) is 10.1 Å². The van der Waals surface area contributed by atoms with Crippen LogP contribution in [0.25, 0.3) is 5.57 Å². The van der Waals surface area contributed by atoms with E-state index in [4.69, 9.17) is 22.1 Å². The van der Waals surface area contributed by atoms with E-state index in [1.165, 1.54) is 30.2 Å². The number of halogens is 2. The summed E-state index contributed by atoms with van der Waals surface area (Å²) < 4.78 is 19.7. The van der Waals surface area contributed by atoms with Gasteiger partial charge in [0.2, 0.25) is 5.91 Å². The highest BCUT2D eigenvalue weighted by atomic mass is 35.5. The molecule has 1 fully saturated rings. The van der Waals surface area contributed by atoms with Gasteiger partial charge in [0.15, 0.2) is 5.82 Å². The van der Waals surface area contributed by atoms with E-state index in [0.717, 1.165) is 0 Å². The zero-order valence-electron chi connectivity index (χ0n) is 12.8. The largest absolute Gasteiger partial charge is 0.480 e. The number of benzene rings is 1. The maximum atomic E-state index is 14.4. The fourth-order valence-electron chi connectivity index (χ4n) is 3.49. The van der Waals surface area contributed by atoms with Gasteiger partial charge in [-0.1, -0.05) is 11.6 Å². The number of amides is 1. The summed E-state index contributed by atoms with van der Waals surface area (Å²) in [5.41, 5.74) is 6.51. The first kappa shape index (κ1) is 16.7. The molecule has 24 heavy (non-hydrogen) atoms. The topological polar surface area (TPSA) is 92.9 Å². The number of nitrogen functional groups attached to an aromatic ring is 1. The number of carbonyl (C=O) groups excluding carboxylic acids is 1. The molecule has 1 aromatic rings. The van der Waals surface area contributed by atoms with Crippen molar-refractivity contribution in [3.63, 3.8) is 0 Å². The molecule has 3 rings (SSSR count). The Morgan fingerprint density at radius 1 is 1.50 bits per heavy atom. The number of carboxylic acid groups (broad SMARTS) is 1. The molecule has 1 aromatic carbocycles. The Balaban J connectivity index is 2.05. The third-order valence-corrected chi connectivity index (χ3v) is 4.89. The van der Waals surface area contributed by atoms with Crippen molar-refractivity contribution in [3.8, 4) is 0 Å². The van der Waals surface area contributed by atoms with Gasteiger partial charge in [-0.2, -0.15) is 0 Å². The van der Waals surface area contributed by atoms with Crippen LogP contribution in [0.3, 0.4) is 0 Å². The van der Waals surface area contributed by atoms with Gasteiger partial charge in [0.1, 0.15) is 6.04 Å². The summed E-state index contributed by atoms with van der Waals surface area (Å²) in [5.74, 6) is -2.27. The summed E-state index contributed by atoms with van der Waals surface area (Å²) in [6, 6.07) is 1.38. The standard InChI is InChI=1S/C16H16ClFN2O4/c1-24-12-6-11(16(22)23)20-10(12)4-7(5-13(20)21)14-9(19)3-2-8(17)15(14)18/h2-3,5,10-12H,4,6,19H2,1H3,(H,22,23)/t10?,11-,12+/m0/s1. The van der Waals surface area contributed by atoms with Crippen molar-refractivity contribution in [1.82, 2.24) is 4.90 Å². The normalized spacial score (nSPS) is 26.3. The van der Waals surface area contributed by atoms with Gasteiger partial charge in [0.25, 0.3) is 0 Å². The van der Waals surface area contributed by atoms with Crippen molar-refractivity contribution in [2.24, 2.45) is 0 Å². The minimum Gasteiger partial charge on any atom is -0.480 e. The molecule has 1 saturated heterocycles. The lowest BCUT2D eigenvalue weighted by Crippen LogP contribution is -2.47. The van der Waals surface area contributed by atoms with Crippen LogP contribution in [0, 0.1) is 5.82 Å². The second-order valence-corrected chi connectivity index (χ2v) is 6.28. The van der Waals surface area contributed by atoms with Crippen molar-refractivity contribution in [2.75, 3.05) is 12.8 Å². The van der Waals surface area contributed by atoms with E-state index < -0.39 is 35.9 Å². The maximum Gasteiger partial charge on any atom is 0.326 e. The number of nitrogens with two attached hydrogens (primary N) is 1. The van der Waals surface area contributed by atoms with E-state index in [0.29, 0.717) is 5.57 Å². The summed E-state index contributed by atoms with van der Waals surface area (Å²) in [4.78, 5) is 25.2. The lowest BCUT2D eigenvalue weighted by molar-refractivity contribution is -0.148. The van der Waals surface area contributed by atoms with E-state index >= 15 is 0 Å². The lowest BCUT2D eigenvalue weighted by Gasteiger charge is -2.33. The maximum absolute atomic E-state index is 14.4. The average molecular weight is 355 g/mol. The van der Waals surface area contributed by atoms with Crippen LogP contribution in [0.2, 0.25) is 5.02 Å². The highest BCUT2D eigenvalue weighted by Gasteiger charge is 2.49. The molecule has 1 unspecified atom stereocenters. The summed E-state index contributed by atoms with van der Waals surface area (Å²) in [7, 11) is 1.46. The molecular formula is C16H16ClFN2O4. The van der Waals surface area contributed by atoms with E-state index in [1.54, 1.807) is 0 Å². The summed E-state index contributed by atoms with van der Waals surface area (Å²) in [6.07, 6.45) is 1.23. The quantitative estimate of drug-likeness (QED) is 0.809. The minimum atomic E-state index is -1.08. The van der Waals surface area contributed by atoms with Gasteiger partial charge in [-0.25, -0.2) is 9.18 Å². The molecule has 0 bridgehead atoms. The molecule has 6 nitrogen and oxygen atoms in total. The van der Waals surface area contributed by atoms with Gasteiger partial charge in [-0.05, 0) is 24.1 Å². The fourth-order valence-corrected chi connectivity index (χ4v) is 3.65. The number of aliphatic carboxylic acids is 1. The smallest absolute Gasteiger partial charge is 0.326 e. The molecule has 2 aliphatic rings. The molecule has 3 N–H and O–H groups in total. The van der Waals surface area contributed by atoms with Gasteiger partial charge in [0.05, 0.1) is 17.2 Å². The molecule has 0 spiro atoms. The predicted molar refractivity (Wildman–Crippen MR) is 85.9 cm³/mol. The number of anilines is 1. The Bertz CT molecular complexity index is 752. The van der Waals surface area contributed by atoms with Crippen molar-refractivity contribution in [1.29, 1.82) is 0 Å². The number of fused-ring (bicyclic) bond motifs is 1. The van der Waals surface area contributed by atoms with E-state index in [-0.39, 0.29) is 29.1 Å². The predicted octanol–water partition coefficient (Wildman–Crippen LogP) is 1.92. The van der Waals surface area contributed by atoms with Crippen LogP contribution in [0.5, 0.6) is 0 Å². The van der Waals surface area contributed by atoms with Crippen molar-refractivity contribution < 1.29 is 23.8 Å². The van der Waals surface area contributed by atoms with Gasteiger partial charge in [-0.3, -0.25) is 4.79 Å². The van der Waals surface area contributed by atoms with Crippen molar-refractivity contribution >= 4 is 34.7 Å². The molecule has 8 heteroatoms.